The van der Waals surface area contributed by atoms with Crippen molar-refractivity contribution in [3.63, 3.8) is 0 Å². The Labute approximate surface area is 138 Å². The molecule has 1 heterocycles. The van der Waals surface area contributed by atoms with Crippen LogP contribution in [0.25, 0.3) is 0 Å². The molecule has 1 unspecified atom stereocenters. The minimum Gasteiger partial charge on any atom is -0.497 e. The lowest BCUT2D eigenvalue weighted by molar-refractivity contribution is -0.146. The van der Waals surface area contributed by atoms with Gasteiger partial charge in [0.05, 0.1) is 13.7 Å². The van der Waals surface area contributed by atoms with Crippen LogP contribution in [0, 0.1) is 0 Å². The molecule has 1 saturated heterocycles. The molecule has 0 aromatic heterocycles. The number of carbonyl (C=O) groups excluding carboxylic acids is 1. The summed E-state index contributed by atoms with van der Waals surface area (Å²) in [5.74, 6) is 0.859. The average Bonchev–Trinajstić information content (AvgIpc) is 2.52. The van der Waals surface area contributed by atoms with Gasteiger partial charge in [-0.1, -0.05) is 12.1 Å². The number of hydrogen-bond acceptors (Lipinski definition) is 4. The molecule has 0 radical (unpaired) electrons. The summed E-state index contributed by atoms with van der Waals surface area (Å²) in [6.45, 7) is 6.71. The van der Waals surface area contributed by atoms with Gasteiger partial charge in [-0.2, -0.15) is 0 Å². The Hall–Kier alpha value is -1.30. The highest BCUT2D eigenvalue weighted by Crippen LogP contribution is 2.15. The van der Waals surface area contributed by atoms with Crippen LogP contribution in [0.3, 0.4) is 0 Å². The number of benzene rings is 1. The smallest absolute Gasteiger partial charge is 0.251 e. The van der Waals surface area contributed by atoms with Crippen LogP contribution in [0.1, 0.15) is 19.4 Å². The van der Waals surface area contributed by atoms with Gasteiger partial charge in [0.2, 0.25) is 0 Å². The second kappa shape index (κ2) is 8.98. The van der Waals surface area contributed by atoms with Gasteiger partial charge in [0.1, 0.15) is 11.9 Å². The lowest BCUT2D eigenvalue weighted by Crippen LogP contribution is -2.54. The molecule has 0 aliphatic carbocycles. The second-order valence-corrected chi connectivity index (χ2v) is 5.39. The lowest BCUT2D eigenvalue weighted by Gasteiger charge is -2.35. The molecule has 0 bridgehead atoms. The lowest BCUT2D eigenvalue weighted by atomic mass is 10.2. The molecule has 1 aliphatic rings. The standard InChI is InChI=1S/C16H24N2O3.ClH/c1-12-10-17-7-8-18(12)16(19)13(2)21-11-14-5-4-6-15(9-14)20-3;/h4-6,9,12-13,17H,7-8,10-11H2,1-3H3;1H/t12-,13?;/m0./s1. The minimum absolute atomic E-state index is 0. The van der Waals surface area contributed by atoms with Crippen LogP contribution >= 0.6 is 12.4 Å². The SMILES string of the molecule is COc1cccc(COC(C)C(=O)N2CCNC[C@@H]2C)c1.Cl. The van der Waals surface area contributed by atoms with Crippen LogP contribution in [0.15, 0.2) is 24.3 Å². The molecule has 1 amide bonds. The molecule has 5 nitrogen and oxygen atoms in total. The van der Waals surface area contributed by atoms with Gasteiger partial charge in [0.15, 0.2) is 0 Å². The van der Waals surface area contributed by atoms with Crippen molar-refractivity contribution in [1.29, 1.82) is 0 Å². The molecular weight excluding hydrogens is 304 g/mol. The fourth-order valence-corrected chi connectivity index (χ4v) is 2.46. The van der Waals surface area contributed by atoms with Crippen molar-refractivity contribution < 1.29 is 14.3 Å². The molecule has 2 rings (SSSR count). The van der Waals surface area contributed by atoms with E-state index in [1.807, 2.05) is 36.1 Å². The van der Waals surface area contributed by atoms with E-state index in [1.54, 1.807) is 7.11 Å². The normalized spacial score (nSPS) is 19.2. The summed E-state index contributed by atoms with van der Waals surface area (Å²) >= 11 is 0. The fourth-order valence-electron chi connectivity index (χ4n) is 2.46. The molecule has 1 fully saturated rings. The summed E-state index contributed by atoms with van der Waals surface area (Å²) < 4.78 is 10.9. The summed E-state index contributed by atoms with van der Waals surface area (Å²) in [6.07, 6.45) is -0.434. The highest BCUT2D eigenvalue weighted by atomic mass is 35.5. The van der Waals surface area contributed by atoms with Crippen molar-refractivity contribution in [2.24, 2.45) is 0 Å². The summed E-state index contributed by atoms with van der Waals surface area (Å²) in [7, 11) is 1.64. The molecule has 0 spiro atoms. The Balaban J connectivity index is 0.00000242. The maximum atomic E-state index is 12.4. The molecule has 6 heteroatoms. The van der Waals surface area contributed by atoms with Crippen molar-refractivity contribution in [2.75, 3.05) is 26.7 Å². The van der Waals surface area contributed by atoms with Crippen LogP contribution in [0.5, 0.6) is 5.75 Å². The summed E-state index contributed by atoms with van der Waals surface area (Å²) in [4.78, 5) is 14.3. The summed E-state index contributed by atoms with van der Waals surface area (Å²) in [6, 6.07) is 7.91. The van der Waals surface area contributed by atoms with E-state index >= 15 is 0 Å². The monoisotopic (exact) mass is 328 g/mol. The van der Waals surface area contributed by atoms with Gasteiger partial charge in [-0.3, -0.25) is 4.79 Å². The highest BCUT2D eigenvalue weighted by molar-refractivity contribution is 5.85. The fraction of sp³-hybridized carbons (Fsp3) is 0.562. The van der Waals surface area contributed by atoms with Crippen molar-refractivity contribution in [3.05, 3.63) is 29.8 Å². The van der Waals surface area contributed by atoms with E-state index in [0.717, 1.165) is 30.9 Å². The number of nitrogens with zero attached hydrogens (tertiary/aromatic N) is 1. The Morgan fingerprint density at radius 2 is 2.27 bits per heavy atom. The quantitative estimate of drug-likeness (QED) is 0.896. The second-order valence-electron chi connectivity index (χ2n) is 5.39. The first-order chi connectivity index (χ1) is 10.1. The highest BCUT2D eigenvalue weighted by Gasteiger charge is 2.27. The molecule has 22 heavy (non-hydrogen) atoms. The van der Waals surface area contributed by atoms with Crippen LogP contribution < -0.4 is 10.1 Å². The van der Waals surface area contributed by atoms with E-state index in [-0.39, 0.29) is 24.4 Å². The maximum absolute atomic E-state index is 12.4. The van der Waals surface area contributed by atoms with Crippen LogP contribution in [0.2, 0.25) is 0 Å². The van der Waals surface area contributed by atoms with E-state index in [1.165, 1.54) is 0 Å². The van der Waals surface area contributed by atoms with Crippen LogP contribution in [-0.2, 0) is 16.1 Å². The number of piperazine rings is 1. The number of hydrogen-bond donors (Lipinski definition) is 1. The number of carbonyl (C=O) groups is 1. The van der Waals surface area contributed by atoms with Gasteiger partial charge in [0, 0.05) is 25.7 Å². The molecule has 2 atom stereocenters. The predicted molar refractivity (Wildman–Crippen MR) is 88.5 cm³/mol. The Bertz CT molecular complexity index is 484. The van der Waals surface area contributed by atoms with E-state index in [0.29, 0.717) is 6.61 Å². The third kappa shape index (κ3) is 4.87. The largest absolute Gasteiger partial charge is 0.497 e. The van der Waals surface area contributed by atoms with Crippen molar-refractivity contribution >= 4 is 18.3 Å². The molecule has 1 aromatic rings. The molecular formula is C16H25ClN2O3. The van der Waals surface area contributed by atoms with Crippen molar-refractivity contribution in [1.82, 2.24) is 10.2 Å². The van der Waals surface area contributed by atoms with Gasteiger partial charge < -0.3 is 19.7 Å². The number of rotatable bonds is 5. The number of amides is 1. The average molecular weight is 329 g/mol. The first kappa shape index (κ1) is 18.7. The number of methoxy groups -OCH3 is 1. The zero-order valence-corrected chi connectivity index (χ0v) is 14.2. The Morgan fingerprint density at radius 1 is 1.50 bits per heavy atom. The predicted octanol–water partition coefficient (Wildman–Crippen LogP) is 1.84. The molecule has 1 N–H and O–H groups in total. The molecule has 1 aromatic carbocycles. The van der Waals surface area contributed by atoms with E-state index < -0.39 is 6.10 Å². The van der Waals surface area contributed by atoms with Gasteiger partial charge >= 0.3 is 0 Å². The number of ether oxygens (including phenoxy) is 2. The van der Waals surface area contributed by atoms with Gasteiger partial charge in [0.25, 0.3) is 5.91 Å². The first-order valence-corrected chi connectivity index (χ1v) is 7.37. The van der Waals surface area contributed by atoms with Crippen molar-refractivity contribution in [2.45, 2.75) is 32.6 Å². The topological polar surface area (TPSA) is 50.8 Å². The van der Waals surface area contributed by atoms with Gasteiger partial charge in [-0.25, -0.2) is 0 Å². The maximum Gasteiger partial charge on any atom is 0.251 e. The Morgan fingerprint density at radius 3 is 2.95 bits per heavy atom. The molecule has 124 valence electrons. The minimum atomic E-state index is -0.434. The summed E-state index contributed by atoms with van der Waals surface area (Å²) in [5, 5.41) is 3.28. The van der Waals surface area contributed by atoms with E-state index in [4.69, 9.17) is 9.47 Å². The van der Waals surface area contributed by atoms with Gasteiger partial charge in [-0.15, -0.1) is 12.4 Å². The van der Waals surface area contributed by atoms with Gasteiger partial charge in [-0.05, 0) is 31.5 Å². The summed E-state index contributed by atoms with van der Waals surface area (Å²) in [5.41, 5.74) is 1.00. The van der Waals surface area contributed by atoms with Crippen LogP contribution in [0.4, 0.5) is 0 Å². The van der Waals surface area contributed by atoms with Crippen molar-refractivity contribution in [3.8, 4) is 5.75 Å². The van der Waals surface area contributed by atoms with E-state index in [9.17, 15) is 4.79 Å². The third-order valence-electron chi connectivity index (χ3n) is 3.77. The Kier molecular flexibility index (Phi) is 7.65. The van der Waals surface area contributed by atoms with Crippen LogP contribution in [-0.4, -0.2) is 49.7 Å². The zero-order chi connectivity index (χ0) is 15.2. The number of nitrogens with one attached hydrogen (secondary N) is 1. The third-order valence-corrected chi connectivity index (χ3v) is 3.77. The molecule has 1 aliphatic heterocycles. The van der Waals surface area contributed by atoms with E-state index in [2.05, 4.69) is 12.2 Å². The number of halogens is 1. The zero-order valence-electron chi connectivity index (χ0n) is 13.4. The molecule has 0 saturated carbocycles. The first-order valence-electron chi connectivity index (χ1n) is 7.37.